The molecule has 1 aliphatic rings. The zero-order chi connectivity index (χ0) is 15.1. The topological polar surface area (TPSA) is 15.3 Å². The van der Waals surface area contributed by atoms with Crippen molar-refractivity contribution in [3.63, 3.8) is 0 Å². The van der Waals surface area contributed by atoms with E-state index in [1.165, 1.54) is 44.2 Å². The molecule has 0 saturated heterocycles. The zero-order valence-electron chi connectivity index (χ0n) is 13.5. The number of halogens is 1. The maximum atomic E-state index is 5.96. The zero-order valence-corrected chi connectivity index (χ0v) is 14.3. The Morgan fingerprint density at radius 1 is 1.14 bits per heavy atom. The van der Waals surface area contributed by atoms with Crippen LogP contribution in [0.5, 0.6) is 0 Å². The molecule has 0 atom stereocenters. The highest BCUT2D eigenvalue weighted by molar-refractivity contribution is 6.30. The van der Waals surface area contributed by atoms with Gasteiger partial charge in [-0.25, -0.2) is 0 Å². The first-order chi connectivity index (χ1) is 10.1. The summed E-state index contributed by atoms with van der Waals surface area (Å²) in [5.74, 6) is 0. The molecular formula is C18H29ClN2. The fourth-order valence-electron chi connectivity index (χ4n) is 3.61. The molecule has 0 aromatic heterocycles. The van der Waals surface area contributed by atoms with Crippen LogP contribution in [0.2, 0.25) is 5.02 Å². The maximum absolute atomic E-state index is 5.96. The van der Waals surface area contributed by atoms with E-state index in [-0.39, 0.29) is 0 Å². The largest absolute Gasteiger partial charge is 0.316 e. The molecule has 0 radical (unpaired) electrons. The van der Waals surface area contributed by atoms with Crippen molar-refractivity contribution in [2.24, 2.45) is 5.41 Å². The van der Waals surface area contributed by atoms with Crippen LogP contribution in [0.4, 0.5) is 0 Å². The van der Waals surface area contributed by atoms with Crippen molar-refractivity contribution in [2.75, 3.05) is 26.7 Å². The van der Waals surface area contributed by atoms with Crippen LogP contribution < -0.4 is 5.32 Å². The van der Waals surface area contributed by atoms with E-state index in [9.17, 15) is 0 Å². The van der Waals surface area contributed by atoms with Gasteiger partial charge >= 0.3 is 0 Å². The molecule has 1 aliphatic carbocycles. The van der Waals surface area contributed by atoms with Crippen molar-refractivity contribution in [1.29, 1.82) is 0 Å². The third-order valence-corrected chi connectivity index (χ3v) is 4.89. The van der Waals surface area contributed by atoms with E-state index in [0.717, 1.165) is 24.7 Å². The molecule has 2 rings (SSSR count). The SMILES string of the molecule is CCNCC1(CN(C)Cc2ccc(Cl)cc2)CCCCC1. The molecule has 1 fully saturated rings. The van der Waals surface area contributed by atoms with E-state index in [1.54, 1.807) is 0 Å². The van der Waals surface area contributed by atoms with Gasteiger partial charge in [0.2, 0.25) is 0 Å². The van der Waals surface area contributed by atoms with Crippen LogP contribution in [0.15, 0.2) is 24.3 Å². The van der Waals surface area contributed by atoms with Crippen molar-refractivity contribution in [2.45, 2.75) is 45.6 Å². The van der Waals surface area contributed by atoms with Crippen LogP contribution in [0.25, 0.3) is 0 Å². The fraction of sp³-hybridized carbons (Fsp3) is 0.667. The molecule has 3 heteroatoms. The van der Waals surface area contributed by atoms with E-state index < -0.39 is 0 Å². The second kappa shape index (κ2) is 8.17. The summed E-state index contributed by atoms with van der Waals surface area (Å²) in [5.41, 5.74) is 1.81. The minimum absolute atomic E-state index is 0.468. The molecule has 0 amide bonds. The van der Waals surface area contributed by atoms with Crippen LogP contribution in [-0.4, -0.2) is 31.6 Å². The van der Waals surface area contributed by atoms with Gasteiger partial charge in [-0.1, -0.05) is 49.9 Å². The predicted octanol–water partition coefficient (Wildman–Crippen LogP) is 4.33. The van der Waals surface area contributed by atoms with E-state index in [1.807, 2.05) is 12.1 Å². The lowest BCUT2D eigenvalue weighted by Crippen LogP contribution is -2.44. The standard InChI is InChI=1S/C18H29ClN2/c1-3-20-14-18(11-5-4-6-12-18)15-21(2)13-16-7-9-17(19)10-8-16/h7-10,20H,3-6,11-15H2,1-2H3. The Bertz CT molecular complexity index is 410. The van der Waals surface area contributed by atoms with Gasteiger partial charge in [0.1, 0.15) is 0 Å². The second-order valence-electron chi connectivity index (χ2n) is 6.64. The van der Waals surface area contributed by atoms with Crippen LogP contribution in [0, 0.1) is 5.41 Å². The number of nitrogens with one attached hydrogen (secondary N) is 1. The quantitative estimate of drug-likeness (QED) is 0.806. The van der Waals surface area contributed by atoms with Gasteiger partial charge in [0, 0.05) is 24.7 Å². The summed E-state index contributed by atoms with van der Waals surface area (Å²) >= 11 is 5.96. The molecule has 0 aliphatic heterocycles. The molecule has 0 unspecified atom stereocenters. The summed E-state index contributed by atoms with van der Waals surface area (Å²) in [4.78, 5) is 2.48. The van der Waals surface area contributed by atoms with Crippen molar-refractivity contribution in [3.8, 4) is 0 Å². The summed E-state index contributed by atoms with van der Waals surface area (Å²) in [6.45, 7) is 6.62. The number of hydrogen-bond donors (Lipinski definition) is 1. The average molecular weight is 309 g/mol. The first-order valence-corrected chi connectivity index (χ1v) is 8.65. The van der Waals surface area contributed by atoms with Gasteiger partial charge in [-0.2, -0.15) is 0 Å². The van der Waals surface area contributed by atoms with Gasteiger partial charge in [0.25, 0.3) is 0 Å². The van der Waals surface area contributed by atoms with Crippen LogP contribution in [0.3, 0.4) is 0 Å². The van der Waals surface area contributed by atoms with Crippen molar-refractivity contribution < 1.29 is 0 Å². The van der Waals surface area contributed by atoms with E-state index in [0.29, 0.717) is 5.41 Å². The van der Waals surface area contributed by atoms with Gasteiger partial charge in [-0.05, 0) is 49.5 Å². The Balaban J connectivity index is 1.93. The molecule has 21 heavy (non-hydrogen) atoms. The summed E-state index contributed by atoms with van der Waals surface area (Å²) in [6, 6.07) is 8.24. The highest BCUT2D eigenvalue weighted by Crippen LogP contribution is 2.36. The lowest BCUT2D eigenvalue weighted by molar-refractivity contribution is 0.114. The Hall–Kier alpha value is -0.570. The normalized spacial score (nSPS) is 18.1. The van der Waals surface area contributed by atoms with Gasteiger partial charge < -0.3 is 10.2 Å². The van der Waals surface area contributed by atoms with E-state index in [4.69, 9.17) is 11.6 Å². The van der Waals surface area contributed by atoms with Gasteiger partial charge in [-0.15, -0.1) is 0 Å². The highest BCUT2D eigenvalue weighted by atomic mass is 35.5. The molecular weight excluding hydrogens is 280 g/mol. The summed E-state index contributed by atoms with van der Waals surface area (Å²) in [7, 11) is 2.25. The average Bonchev–Trinajstić information content (AvgIpc) is 2.48. The third-order valence-electron chi connectivity index (χ3n) is 4.64. The van der Waals surface area contributed by atoms with Gasteiger partial charge in [0.05, 0.1) is 0 Å². The molecule has 118 valence electrons. The van der Waals surface area contributed by atoms with Gasteiger partial charge in [-0.3, -0.25) is 0 Å². The van der Waals surface area contributed by atoms with Crippen molar-refractivity contribution >= 4 is 11.6 Å². The third kappa shape index (κ3) is 5.28. The molecule has 1 N–H and O–H groups in total. The first kappa shape index (κ1) is 16.8. The second-order valence-corrected chi connectivity index (χ2v) is 7.08. The monoisotopic (exact) mass is 308 g/mol. The summed E-state index contributed by atoms with van der Waals surface area (Å²) in [5, 5.41) is 4.41. The molecule has 0 heterocycles. The van der Waals surface area contributed by atoms with Crippen LogP contribution in [0.1, 0.15) is 44.6 Å². The smallest absolute Gasteiger partial charge is 0.0406 e. The molecule has 1 aromatic rings. The Kier molecular flexibility index (Phi) is 6.53. The van der Waals surface area contributed by atoms with Crippen LogP contribution in [-0.2, 0) is 6.54 Å². The first-order valence-electron chi connectivity index (χ1n) is 8.27. The molecule has 1 aromatic carbocycles. The lowest BCUT2D eigenvalue weighted by Gasteiger charge is -2.40. The maximum Gasteiger partial charge on any atom is 0.0406 e. The highest BCUT2D eigenvalue weighted by Gasteiger charge is 2.32. The number of nitrogens with zero attached hydrogens (tertiary/aromatic N) is 1. The lowest BCUT2D eigenvalue weighted by atomic mass is 9.73. The molecule has 2 nitrogen and oxygen atoms in total. The van der Waals surface area contributed by atoms with Gasteiger partial charge in [0.15, 0.2) is 0 Å². The number of rotatable bonds is 7. The Labute approximate surface area is 134 Å². The summed E-state index contributed by atoms with van der Waals surface area (Å²) < 4.78 is 0. The molecule has 1 saturated carbocycles. The molecule has 0 spiro atoms. The minimum atomic E-state index is 0.468. The summed E-state index contributed by atoms with van der Waals surface area (Å²) in [6.07, 6.45) is 6.92. The van der Waals surface area contributed by atoms with Crippen molar-refractivity contribution in [1.82, 2.24) is 10.2 Å². The Morgan fingerprint density at radius 2 is 1.81 bits per heavy atom. The van der Waals surface area contributed by atoms with E-state index in [2.05, 4.69) is 36.3 Å². The Morgan fingerprint density at radius 3 is 2.43 bits per heavy atom. The predicted molar refractivity (Wildman–Crippen MR) is 91.8 cm³/mol. The van der Waals surface area contributed by atoms with Crippen LogP contribution >= 0.6 is 11.6 Å². The fourth-order valence-corrected chi connectivity index (χ4v) is 3.74. The number of hydrogen-bond acceptors (Lipinski definition) is 2. The van der Waals surface area contributed by atoms with E-state index >= 15 is 0 Å². The number of benzene rings is 1. The van der Waals surface area contributed by atoms with Crippen molar-refractivity contribution in [3.05, 3.63) is 34.9 Å². The minimum Gasteiger partial charge on any atom is -0.316 e. The molecule has 0 bridgehead atoms.